The van der Waals surface area contributed by atoms with E-state index in [4.69, 9.17) is 14.9 Å². The summed E-state index contributed by atoms with van der Waals surface area (Å²) in [6.07, 6.45) is 2.71. The average Bonchev–Trinajstić information content (AvgIpc) is 3.28. The highest BCUT2D eigenvalue weighted by Gasteiger charge is 2.15. The minimum absolute atomic E-state index is 0.0245. The van der Waals surface area contributed by atoms with Gasteiger partial charge in [0.1, 0.15) is 12.1 Å². The molecule has 0 aliphatic rings. The molecule has 10 nitrogen and oxygen atoms in total. The van der Waals surface area contributed by atoms with Crippen LogP contribution in [0.1, 0.15) is 46.4 Å². The Bertz CT molecular complexity index is 1320. The lowest BCUT2D eigenvalue weighted by molar-refractivity contribution is 0.0491. The molecule has 0 spiro atoms. The minimum atomic E-state index is -0.568. The zero-order valence-corrected chi connectivity index (χ0v) is 18.0. The van der Waals surface area contributed by atoms with Crippen molar-refractivity contribution in [3.05, 3.63) is 71.9 Å². The second-order valence-electron chi connectivity index (χ2n) is 7.15. The van der Waals surface area contributed by atoms with Crippen molar-refractivity contribution in [2.24, 2.45) is 5.73 Å². The van der Waals surface area contributed by atoms with E-state index in [1.165, 1.54) is 12.5 Å². The number of amides is 1. The standard InChI is InChI=1S/C23H22N6O4/c1-3-32-22(31)18-11-25-23(33-18)29-15-7-4-6-14(10-15)13(2)28-21-17-9-5-8-16(20(24)30)19(17)26-12-27-21/h4-13H,3H2,1-2H3,(H2,24,30)(H,25,29)(H,26,27,28). The van der Waals surface area contributed by atoms with Crippen molar-refractivity contribution in [1.29, 1.82) is 0 Å². The molecule has 168 valence electrons. The highest BCUT2D eigenvalue weighted by molar-refractivity contribution is 6.06. The monoisotopic (exact) mass is 446 g/mol. The van der Waals surface area contributed by atoms with Crippen LogP contribution in [0.2, 0.25) is 0 Å². The van der Waals surface area contributed by atoms with E-state index in [9.17, 15) is 9.59 Å². The van der Waals surface area contributed by atoms with E-state index < -0.39 is 11.9 Å². The highest BCUT2D eigenvalue weighted by atomic mass is 16.5. The highest BCUT2D eigenvalue weighted by Crippen LogP contribution is 2.27. The molecule has 10 heteroatoms. The zero-order chi connectivity index (χ0) is 23.4. The quantitative estimate of drug-likeness (QED) is 0.344. The Morgan fingerprint density at radius 1 is 1.15 bits per heavy atom. The number of nitrogens with zero attached hydrogens (tertiary/aromatic N) is 3. The van der Waals surface area contributed by atoms with Crippen LogP contribution < -0.4 is 16.4 Å². The molecule has 0 aliphatic carbocycles. The number of carbonyl (C=O) groups is 2. The van der Waals surface area contributed by atoms with E-state index in [-0.39, 0.29) is 24.4 Å². The number of hydrogen-bond donors (Lipinski definition) is 3. The van der Waals surface area contributed by atoms with Gasteiger partial charge in [0.05, 0.1) is 29.9 Å². The second kappa shape index (κ2) is 9.35. The van der Waals surface area contributed by atoms with Crippen LogP contribution in [-0.4, -0.2) is 33.4 Å². The van der Waals surface area contributed by atoms with Crippen molar-refractivity contribution in [2.75, 3.05) is 17.2 Å². The van der Waals surface area contributed by atoms with Gasteiger partial charge in [-0.3, -0.25) is 4.79 Å². The molecular formula is C23H22N6O4. The SMILES string of the molecule is CCOC(=O)c1cnc(Nc2cccc(C(C)Nc3ncnc4c(C(N)=O)cccc34)c2)o1. The molecule has 2 aromatic carbocycles. The Morgan fingerprint density at radius 3 is 2.76 bits per heavy atom. The fourth-order valence-corrected chi connectivity index (χ4v) is 3.33. The Balaban J connectivity index is 1.53. The van der Waals surface area contributed by atoms with Crippen molar-refractivity contribution in [3.63, 3.8) is 0 Å². The summed E-state index contributed by atoms with van der Waals surface area (Å²) in [4.78, 5) is 36.1. The Hall–Kier alpha value is -4.47. The molecule has 0 fully saturated rings. The summed E-state index contributed by atoms with van der Waals surface area (Å²) in [6.45, 7) is 3.95. The molecule has 1 unspecified atom stereocenters. The molecule has 2 aromatic heterocycles. The van der Waals surface area contributed by atoms with Gasteiger partial charge in [-0.1, -0.05) is 18.2 Å². The number of hydrogen-bond acceptors (Lipinski definition) is 9. The first-order valence-electron chi connectivity index (χ1n) is 10.3. The third-order valence-electron chi connectivity index (χ3n) is 4.90. The van der Waals surface area contributed by atoms with Crippen molar-refractivity contribution in [3.8, 4) is 0 Å². The average molecular weight is 446 g/mol. The van der Waals surface area contributed by atoms with E-state index in [1.807, 2.05) is 37.3 Å². The van der Waals surface area contributed by atoms with Crippen LogP contribution in [0.15, 0.2) is 59.4 Å². The molecule has 4 N–H and O–H groups in total. The first-order chi connectivity index (χ1) is 16.0. The largest absolute Gasteiger partial charge is 0.460 e. The lowest BCUT2D eigenvalue weighted by Crippen LogP contribution is -2.13. The summed E-state index contributed by atoms with van der Waals surface area (Å²) in [5.41, 5.74) is 7.98. The van der Waals surface area contributed by atoms with E-state index in [0.717, 1.165) is 11.3 Å². The molecule has 0 saturated carbocycles. The van der Waals surface area contributed by atoms with Crippen LogP contribution >= 0.6 is 0 Å². The molecule has 0 aliphatic heterocycles. The Kier molecular flexibility index (Phi) is 6.16. The van der Waals surface area contributed by atoms with Gasteiger partial charge in [0.15, 0.2) is 0 Å². The Labute approximate surface area is 189 Å². The number of para-hydroxylation sites is 1. The number of ether oxygens (including phenoxy) is 1. The summed E-state index contributed by atoms with van der Waals surface area (Å²) >= 11 is 0. The molecule has 0 radical (unpaired) electrons. The molecule has 1 atom stereocenters. The maximum atomic E-state index is 11.8. The van der Waals surface area contributed by atoms with E-state index >= 15 is 0 Å². The Morgan fingerprint density at radius 2 is 1.97 bits per heavy atom. The van der Waals surface area contributed by atoms with E-state index in [0.29, 0.717) is 22.3 Å². The first-order valence-corrected chi connectivity index (χ1v) is 10.3. The number of benzene rings is 2. The number of rotatable bonds is 8. The summed E-state index contributed by atoms with van der Waals surface area (Å²) < 4.78 is 10.3. The molecule has 1 amide bonds. The van der Waals surface area contributed by atoms with Gasteiger partial charge < -0.3 is 25.5 Å². The van der Waals surface area contributed by atoms with Crippen LogP contribution in [0.25, 0.3) is 10.9 Å². The molecular weight excluding hydrogens is 424 g/mol. The van der Waals surface area contributed by atoms with Gasteiger partial charge in [0, 0.05) is 11.1 Å². The zero-order valence-electron chi connectivity index (χ0n) is 18.0. The lowest BCUT2D eigenvalue weighted by atomic mass is 10.1. The van der Waals surface area contributed by atoms with Gasteiger partial charge in [-0.15, -0.1) is 0 Å². The fraction of sp³-hybridized carbons (Fsp3) is 0.174. The van der Waals surface area contributed by atoms with Gasteiger partial charge in [0.2, 0.25) is 5.76 Å². The van der Waals surface area contributed by atoms with Crippen LogP contribution in [0.5, 0.6) is 0 Å². The van der Waals surface area contributed by atoms with Gasteiger partial charge in [-0.05, 0) is 43.7 Å². The van der Waals surface area contributed by atoms with E-state index in [1.54, 1.807) is 19.1 Å². The first kappa shape index (κ1) is 21.8. The number of nitrogens with two attached hydrogens (primary N) is 1. The molecule has 0 saturated heterocycles. The third-order valence-corrected chi connectivity index (χ3v) is 4.90. The fourth-order valence-electron chi connectivity index (χ4n) is 3.33. The summed E-state index contributed by atoms with van der Waals surface area (Å²) in [5.74, 6) is -0.506. The summed E-state index contributed by atoms with van der Waals surface area (Å²) in [7, 11) is 0. The van der Waals surface area contributed by atoms with Gasteiger partial charge in [0.25, 0.3) is 11.9 Å². The number of esters is 1. The maximum Gasteiger partial charge on any atom is 0.376 e. The number of primary amides is 1. The smallest absolute Gasteiger partial charge is 0.376 e. The normalized spacial score (nSPS) is 11.7. The minimum Gasteiger partial charge on any atom is -0.460 e. The predicted molar refractivity (Wildman–Crippen MR) is 122 cm³/mol. The number of nitrogens with one attached hydrogen (secondary N) is 2. The van der Waals surface area contributed by atoms with Crippen LogP contribution in [0, 0.1) is 0 Å². The summed E-state index contributed by atoms with van der Waals surface area (Å²) in [5, 5.41) is 7.10. The van der Waals surface area contributed by atoms with Crippen molar-refractivity contribution < 1.29 is 18.7 Å². The van der Waals surface area contributed by atoms with Crippen LogP contribution in [0.3, 0.4) is 0 Å². The van der Waals surface area contributed by atoms with Gasteiger partial charge in [-0.2, -0.15) is 0 Å². The number of aromatic nitrogens is 3. The molecule has 33 heavy (non-hydrogen) atoms. The number of fused-ring (bicyclic) bond motifs is 1. The van der Waals surface area contributed by atoms with Crippen LogP contribution in [-0.2, 0) is 4.74 Å². The number of oxazole rings is 1. The summed E-state index contributed by atoms with van der Waals surface area (Å²) in [6, 6.07) is 12.9. The third kappa shape index (κ3) is 4.74. The predicted octanol–water partition coefficient (Wildman–Crippen LogP) is 3.81. The maximum absolute atomic E-state index is 11.8. The van der Waals surface area contributed by atoms with Crippen molar-refractivity contribution in [1.82, 2.24) is 15.0 Å². The molecule has 4 aromatic rings. The van der Waals surface area contributed by atoms with Crippen molar-refractivity contribution >= 4 is 40.3 Å². The second-order valence-corrected chi connectivity index (χ2v) is 7.15. The lowest BCUT2D eigenvalue weighted by Gasteiger charge is -2.17. The van der Waals surface area contributed by atoms with Crippen LogP contribution in [0.4, 0.5) is 17.5 Å². The topological polar surface area (TPSA) is 145 Å². The molecule has 4 rings (SSSR count). The van der Waals surface area contributed by atoms with Gasteiger partial charge in [-0.25, -0.2) is 19.7 Å². The number of anilines is 3. The van der Waals surface area contributed by atoms with Gasteiger partial charge >= 0.3 is 5.97 Å². The molecule has 0 bridgehead atoms. The van der Waals surface area contributed by atoms with E-state index in [2.05, 4.69) is 25.6 Å². The molecule has 2 heterocycles. The van der Waals surface area contributed by atoms with Crippen molar-refractivity contribution in [2.45, 2.75) is 19.9 Å². The number of carbonyl (C=O) groups excluding carboxylic acids is 2.